The molecule has 16 heavy (non-hydrogen) atoms. The molecule has 0 aromatic carbocycles. The molecule has 2 heterocycles. The SMILES string of the molecule is CN1C(=O)CC(N)C1c1ccc([N+](=O)[O-])o1. The number of hydrogen-bond acceptors (Lipinski definition) is 5. The van der Waals surface area contributed by atoms with Crippen molar-refractivity contribution in [3.8, 4) is 0 Å². The lowest BCUT2D eigenvalue weighted by molar-refractivity contribution is -0.402. The van der Waals surface area contributed by atoms with Gasteiger partial charge < -0.3 is 15.1 Å². The van der Waals surface area contributed by atoms with Gasteiger partial charge in [-0.1, -0.05) is 0 Å². The number of carbonyl (C=O) groups is 1. The Balaban J connectivity index is 2.29. The Labute approximate surface area is 91.0 Å². The lowest BCUT2D eigenvalue weighted by Crippen LogP contribution is -2.29. The van der Waals surface area contributed by atoms with Crippen LogP contribution in [0.1, 0.15) is 18.2 Å². The lowest BCUT2D eigenvalue weighted by Gasteiger charge is -2.19. The number of nitrogens with two attached hydrogens (primary N) is 1. The second-order valence-corrected chi connectivity index (χ2v) is 3.75. The summed E-state index contributed by atoms with van der Waals surface area (Å²) in [6.45, 7) is 0. The molecule has 1 aromatic rings. The first-order valence-corrected chi connectivity index (χ1v) is 4.76. The third-order valence-corrected chi connectivity index (χ3v) is 2.71. The largest absolute Gasteiger partial charge is 0.433 e. The summed E-state index contributed by atoms with van der Waals surface area (Å²) in [7, 11) is 1.61. The highest BCUT2D eigenvalue weighted by Crippen LogP contribution is 2.33. The first-order chi connectivity index (χ1) is 7.50. The number of rotatable bonds is 2. The van der Waals surface area contributed by atoms with Crippen molar-refractivity contribution in [1.82, 2.24) is 4.90 Å². The van der Waals surface area contributed by atoms with Crippen LogP contribution in [0.25, 0.3) is 0 Å². The fraction of sp³-hybridized carbons (Fsp3) is 0.444. The van der Waals surface area contributed by atoms with Gasteiger partial charge in [0.25, 0.3) is 0 Å². The Morgan fingerprint density at radius 1 is 1.62 bits per heavy atom. The molecule has 1 saturated heterocycles. The van der Waals surface area contributed by atoms with Crippen LogP contribution >= 0.6 is 0 Å². The van der Waals surface area contributed by atoms with Crippen LogP contribution in [0.3, 0.4) is 0 Å². The summed E-state index contributed by atoms with van der Waals surface area (Å²) in [6, 6.07) is 1.95. The van der Waals surface area contributed by atoms with E-state index in [4.69, 9.17) is 10.2 Å². The summed E-state index contributed by atoms with van der Waals surface area (Å²) in [5.74, 6) is -0.0703. The third kappa shape index (κ3) is 1.54. The van der Waals surface area contributed by atoms with E-state index < -0.39 is 11.0 Å². The summed E-state index contributed by atoms with van der Waals surface area (Å²) in [5, 5.41) is 10.5. The molecule has 7 heteroatoms. The number of amides is 1. The molecule has 2 N–H and O–H groups in total. The number of nitrogens with zero attached hydrogens (tertiary/aromatic N) is 2. The molecule has 2 unspecified atom stereocenters. The van der Waals surface area contributed by atoms with Gasteiger partial charge in [0.2, 0.25) is 5.91 Å². The first kappa shape index (κ1) is 10.6. The minimum atomic E-state index is -0.619. The van der Waals surface area contributed by atoms with E-state index >= 15 is 0 Å². The van der Waals surface area contributed by atoms with Crippen LogP contribution in [-0.2, 0) is 4.79 Å². The predicted molar refractivity (Wildman–Crippen MR) is 53.5 cm³/mol. The highest BCUT2D eigenvalue weighted by molar-refractivity contribution is 5.79. The molecule has 1 aliphatic rings. The van der Waals surface area contributed by atoms with Crippen LogP contribution in [0, 0.1) is 10.1 Å². The summed E-state index contributed by atoms with van der Waals surface area (Å²) >= 11 is 0. The van der Waals surface area contributed by atoms with Gasteiger partial charge >= 0.3 is 5.88 Å². The van der Waals surface area contributed by atoms with Gasteiger partial charge in [-0.2, -0.15) is 0 Å². The summed E-state index contributed by atoms with van der Waals surface area (Å²) in [4.78, 5) is 22.7. The van der Waals surface area contributed by atoms with Crippen molar-refractivity contribution >= 4 is 11.8 Å². The van der Waals surface area contributed by atoms with E-state index in [1.807, 2.05) is 0 Å². The second kappa shape index (κ2) is 3.60. The number of hydrogen-bond donors (Lipinski definition) is 1. The maximum absolute atomic E-state index is 11.4. The predicted octanol–water partition coefficient (Wildman–Crippen LogP) is 0.418. The van der Waals surface area contributed by atoms with E-state index in [0.717, 1.165) is 0 Å². The van der Waals surface area contributed by atoms with Crippen molar-refractivity contribution in [2.45, 2.75) is 18.5 Å². The zero-order valence-corrected chi connectivity index (χ0v) is 8.62. The van der Waals surface area contributed by atoms with Crippen LogP contribution in [0.4, 0.5) is 5.88 Å². The topological polar surface area (TPSA) is 103 Å². The Bertz CT molecular complexity index is 442. The lowest BCUT2D eigenvalue weighted by atomic mass is 10.1. The molecule has 86 valence electrons. The quantitative estimate of drug-likeness (QED) is 0.580. The number of nitro groups is 1. The molecule has 1 amide bonds. The maximum atomic E-state index is 11.4. The Morgan fingerprint density at radius 3 is 2.75 bits per heavy atom. The van der Waals surface area contributed by atoms with E-state index in [1.54, 1.807) is 7.05 Å². The normalized spacial score (nSPS) is 25.1. The molecule has 1 fully saturated rings. The molecule has 0 aliphatic carbocycles. The second-order valence-electron chi connectivity index (χ2n) is 3.75. The number of likely N-dealkylation sites (tertiary alicyclic amines) is 1. The third-order valence-electron chi connectivity index (χ3n) is 2.71. The van der Waals surface area contributed by atoms with Gasteiger partial charge in [-0.05, 0) is 6.07 Å². The van der Waals surface area contributed by atoms with Gasteiger partial charge in [-0.3, -0.25) is 14.9 Å². The molecule has 0 spiro atoms. The van der Waals surface area contributed by atoms with Crippen molar-refractivity contribution in [2.75, 3.05) is 7.05 Å². The maximum Gasteiger partial charge on any atom is 0.433 e. The van der Waals surface area contributed by atoms with E-state index in [9.17, 15) is 14.9 Å². The average Bonchev–Trinajstić information content (AvgIpc) is 2.74. The molecule has 1 aliphatic heterocycles. The fourth-order valence-corrected chi connectivity index (χ4v) is 1.90. The Morgan fingerprint density at radius 2 is 2.31 bits per heavy atom. The van der Waals surface area contributed by atoms with Gasteiger partial charge in [0.05, 0.1) is 6.07 Å². The van der Waals surface area contributed by atoms with Crippen molar-refractivity contribution in [2.24, 2.45) is 5.73 Å². The minimum Gasteiger partial charge on any atom is -0.404 e. The van der Waals surface area contributed by atoms with Crippen LogP contribution < -0.4 is 5.73 Å². The molecule has 7 nitrogen and oxygen atoms in total. The Hall–Kier alpha value is -1.89. The van der Waals surface area contributed by atoms with Gasteiger partial charge in [0.1, 0.15) is 16.7 Å². The van der Waals surface area contributed by atoms with Crippen molar-refractivity contribution < 1.29 is 14.1 Å². The van der Waals surface area contributed by atoms with Crippen molar-refractivity contribution in [3.63, 3.8) is 0 Å². The molecule has 2 rings (SSSR count). The molecule has 0 bridgehead atoms. The van der Waals surface area contributed by atoms with Crippen molar-refractivity contribution in [3.05, 3.63) is 28.0 Å². The van der Waals surface area contributed by atoms with E-state index in [0.29, 0.717) is 5.76 Å². The van der Waals surface area contributed by atoms with Crippen LogP contribution in [0.15, 0.2) is 16.5 Å². The summed E-state index contributed by atoms with van der Waals surface area (Å²) in [5.41, 5.74) is 5.78. The zero-order valence-electron chi connectivity index (χ0n) is 8.62. The van der Waals surface area contributed by atoms with Gasteiger partial charge in [-0.15, -0.1) is 0 Å². The van der Waals surface area contributed by atoms with Crippen molar-refractivity contribution in [1.29, 1.82) is 0 Å². The van der Waals surface area contributed by atoms with Crippen LogP contribution in [0.2, 0.25) is 0 Å². The molecule has 0 radical (unpaired) electrons. The van der Waals surface area contributed by atoms with Crippen LogP contribution in [-0.4, -0.2) is 28.8 Å². The standard InChI is InChI=1S/C9H11N3O4/c1-11-7(13)4-5(10)9(11)6-2-3-8(16-6)12(14)15/h2-3,5,9H,4,10H2,1H3. The highest BCUT2D eigenvalue weighted by atomic mass is 16.6. The Kier molecular flexibility index (Phi) is 2.39. The molecule has 1 aromatic heterocycles. The smallest absolute Gasteiger partial charge is 0.404 e. The average molecular weight is 225 g/mol. The number of carbonyl (C=O) groups excluding carboxylic acids is 1. The minimum absolute atomic E-state index is 0.0865. The van der Waals surface area contributed by atoms with E-state index in [-0.39, 0.29) is 24.3 Å². The molecular formula is C9H11N3O4. The number of furan rings is 1. The van der Waals surface area contributed by atoms with Gasteiger partial charge in [0, 0.05) is 19.5 Å². The molecular weight excluding hydrogens is 214 g/mol. The molecule has 2 atom stereocenters. The summed E-state index contributed by atoms with van der Waals surface area (Å²) in [6.07, 6.45) is 0.232. The van der Waals surface area contributed by atoms with Gasteiger partial charge in [0.15, 0.2) is 0 Å². The fourth-order valence-electron chi connectivity index (χ4n) is 1.90. The highest BCUT2D eigenvalue weighted by Gasteiger charge is 2.38. The zero-order chi connectivity index (χ0) is 11.9. The van der Waals surface area contributed by atoms with Gasteiger partial charge in [-0.25, -0.2) is 0 Å². The molecule has 0 saturated carbocycles. The monoisotopic (exact) mass is 225 g/mol. The number of likely N-dealkylation sites (N-methyl/N-ethyl adjacent to an activating group) is 1. The van der Waals surface area contributed by atoms with Crippen LogP contribution in [0.5, 0.6) is 0 Å². The van der Waals surface area contributed by atoms with E-state index in [2.05, 4.69) is 0 Å². The summed E-state index contributed by atoms with van der Waals surface area (Å²) < 4.78 is 5.05. The van der Waals surface area contributed by atoms with E-state index in [1.165, 1.54) is 17.0 Å². The first-order valence-electron chi connectivity index (χ1n) is 4.76.